The van der Waals surface area contributed by atoms with Gasteiger partial charge >= 0.3 is 0 Å². The van der Waals surface area contributed by atoms with Gasteiger partial charge in [0.25, 0.3) is 0 Å². The molecule has 0 aliphatic heterocycles. The summed E-state index contributed by atoms with van der Waals surface area (Å²) in [4.78, 5) is 0.382. The van der Waals surface area contributed by atoms with Crippen LogP contribution in [0, 0.1) is 6.92 Å². The van der Waals surface area contributed by atoms with E-state index in [9.17, 15) is 0 Å². The molecule has 0 aliphatic rings. The molecular weight excluding hydrogens is 278 g/mol. The quantitative estimate of drug-likeness (QED) is 0.869. The van der Waals surface area contributed by atoms with Crippen molar-refractivity contribution >= 4 is 28.8 Å². The molecule has 2 nitrogen and oxygen atoms in total. The third-order valence-electron chi connectivity index (χ3n) is 2.80. The van der Waals surface area contributed by atoms with E-state index in [1.54, 1.807) is 0 Å². The van der Waals surface area contributed by atoms with Crippen LogP contribution in [0.2, 0.25) is 5.02 Å². The summed E-state index contributed by atoms with van der Waals surface area (Å²) >= 11 is 10.9. The third-order valence-corrected chi connectivity index (χ3v) is 3.26. The summed E-state index contributed by atoms with van der Waals surface area (Å²) in [6.07, 6.45) is 0. The van der Waals surface area contributed by atoms with Gasteiger partial charge in [0.2, 0.25) is 0 Å². The molecule has 0 aliphatic carbocycles. The number of thiocarbonyl (C=S) groups is 1. The maximum atomic E-state index is 5.91. The van der Waals surface area contributed by atoms with Crippen LogP contribution < -0.4 is 10.5 Å². The monoisotopic (exact) mass is 291 g/mol. The predicted molar refractivity (Wildman–Crippen MR) is 82.9 cm³/mol. The largest absolute Gasteiger partial charge is 0.489 e. The minimum atomic E-state index is 0.382. The Kier molecular flexibility index (Phi) is 4.40. The van der Waals surface area contributed by atoms with Gasteiger partial charge in [-0.3, -0.25) is 0 Å². The van der Waals surface area contributed by atoms with Crippen molar-refractivity contribution in [3.8, 4) is 5.75 Å². The van der Waals surface area contributed by atoms with Gasteiger partial charge in [0.1, 0.15) is 17.3 Å². The molecule has 0 bridgehead atoms. The van der Waals surface area contributed by atoms with E-state index < -0.39 is 0 Å². The molecule has 0 heterocycles. The highest BCUT2D eigenvalue weighted by Crippen LogP contribution is 2.23. The molecule has 0 unspecified atom stereocenters. The Morgan fingerprint density at radius 2 is 2.00 bits per heavy atom. The summed E-state index contributed by atoms with van der Waals surface area (Å²) in [7, 11) is 0. The van der Waals surface area contributed by atoms with Crippen molar-refractivity contribution in [1.29, 1.82) is 0 Å². The highest BCUT2D eigenvalue weighted by atomic mass is 35.5. The molecule has 0 aromatic heterocycles. The molecule has 0 spiro atoms. The normalized spacial score (nSPS) is 10.2. The van der Waals surface area contributed by atoms with E-state index in [1.165, 1.54) is 0 Å². The van der Waals surface area contributed by atoms with Gasteiger partial charge < -0.3 is 10.5 Å². The fraction of sp³-hybridized carbons (Fsp3) is 0.133. The van der Waals surface area contributed by atoms with Gasteiger partial charge in [-0.1, -0.05) is 48.1 Å². The molecule has 0 saturated heterocycles. The van der Waals surface area contributed by atoms with Crippen LogP contribution in [0.4, 0.5) is 0 Å². The molecule has 2 aromatic carbocycles. The van der Waals surface area contributed by atoms with E-state index in [-0.39, 0.29) is 0 Å². The van der Waals surface area contributed by atoms with E-state index in [0.717, 1.165) is 22.4 Å². The fourth-order valence-electron chi connectivity index (χ4n) is 1.82. The summed E-state index contributed by atoms with van der Waals surface area (Å²) < 4.78 is 5.79. The van der Waals surface area contributed by atoms with E-state index in [0.29, 0.717) is 16.6 Å². The average Bonchev–Trinajstić information content (AvgIpc) is 2.38. The van der Waals surface area contributed by atoms with E-state index in [2.05, 4.69) is 0 Å². The molecule has 0 fully saturated rings. The van der Waals surface area contributed by atoms with Crippen molar-refractivity contribution in [2.24, 2.45) is 5.73 Å². The summed E-state index contributed by atoms with van der Waals surface area (Å²) in [5.41, 5.74) is 8.52. The van der Waals surface area contributed by atoms with Gasteiger partial charge in [-0.05, 0) is 36.2 Å². The zero-order chi connectivity index (χ0) is 13.8. The first-order chi connectivity index (χ1) is 9.08. The maximum absolute atomic E-state index is 5.91. The highest BCUT2D eigenvalue weighted by molar-refractivity contribution is 7.80. The topological polar surface area (TPSA) is 35.2 Å². The van der Waals surface area contributed by atoms with Gasteiger partial charge in [0, 0.05) is 10.6 Å². The van der Waals surface area contributed by atoms with Crippen LogP contribution in [0.25, 0.3) is 0 Å². The summed E-state index contributed by atoms with van der Waals surface area (Å²) in [5.74, 6) is 0.808. The predicted octanol–water partition coefficient (Wildman–Crippen LogP) is 3.86. The third kappa shape index (κ3) is 3.46. The molecule has 98 valence electrons. The maximum Gasteiger partial charge on any atom is 0.122 e. The number of rotatable bonds is 4. The number of halogens is 1. The lowest BCUT2D eigenvalue weighted by molar-refractivity contribution is 0.304. The molecule has 4 heteroatoms. The Morgan fingerprint density at radius 3 is 2.68 bits per heavy atom. The Balaban J connectivity index is 2.17. The molecule has 2 rings (SSSR count). The number of aryl methyl sites for hydroxylation is 1. The second-order valence-electron chi connectivity index (χ2n) is 4.22. The molecule has 2 aromatic rings. The van der Waals surface area contributed by atoms with Crippen LogP contribution in [0.5, 0.6) is 5.75 Å². The number of hydrogen-bond donors (Lipinski definition) is 1. The van der Waals surface area contributed by atoms with Crippen molar-refractivity contribution in [1.82, 2.24) is 0 Å². The standard InChI is InChI=1S/C15H14ClNOS/c1-10-8-12(16)6-7-14(10)18-9-11-4-2-3-5-13(11)15(17)19/h2-8H,9H2,1H3,(H2,17,19). The Hall–Kier alpha value is -1.58. The first kappa shape index (κ1) is 13.8. The van der Waals surface area contributed by atoms with Crippen LogP contribution in [0.15, 0.2) is 42.5 Å². The van der Waals surface area contributed by atoms with Crippen molar-refractivity contribution in [3.63, 3.8) is 0 Å². The van der Waals surface area contributed by atoms with Gasteiger partial charge in [0.05, 0.1) is 0 Å². The second kappa shape index (κ2) is 6.04. The summed E-state index contributed by atoms with van der Waals surface area (Å²) in [5, 5.41) is 0.702. The van der Waals surface area contributed by atoms with Crippen LogP contribution in [0.3, 0.4) is 0 Å². The number of benzene rings is 2. The van der Waals surface area contributed by atoms with Crippen LogP contribution in [-0.4, -0.2) is 4.99 Å². The average molecular weight is 292 g/mol. The number of nitrogens with two attached hydrogens (primary N) is 1. The van der Waals surface area contributed by atoms with Crippen molar-refractivity contribution in [3.05, 3.63) is 64.2 Å². The van der Waals surface area contributed by atoms with E-state index >= 15 is 0 Å². The van der Waals surface area contributed by atoms with Gasteiger partial charge in [-0.2, -0.15) is 0 Å². The summed E-state index contributed by atoms with van der Waals surface area (Å²) in [6.45, 7) is 2.39. The lowest BCUT2D eigenvalue weighted by Gasteiger charge is -2.12. The van der Waals surface area contributed by atoms with Crippen LogP contribution in [0.1, 0.15) is 16.7 Å². The Labute approximate surface area is 123 Å². The second-order valence-corrected chi connectivity index (χ2v) is 5.10. The number of hydrogen-bond acceptors (Lipinski definition) is 2. The molecular formula is C15H14ClNOS. The zero-order valence-corrected chi connectivity index (χ0v) is 12.1. The summed E-state index contributed by atoms with van der Waals surface area (Å²) in [6, 6.07) is 13.2. The van der Waals surface area contributed by atoms with E-state index in [4.69, 9.17) is 34.3 Å². The fourth-order valence-corrected chi connectivity index (χ4v) is 2.24. The zero-order valence-electron chi connectivity index (χ0n) is 10.5. The Morgan fingerprint density at radius 1 is 1.26 bits per heavy atom. The minimum Gasteiger partial charge on any atom is -0.489 e. The molecule has 0 atom stereocenters. The first-order valence-electron chi connectivity index (χ1n) is 5.84. The Bertz CT molecular complexity index is 613. The smallest absolute Gasteiger partial charge is 0.122 e. The lowest BCUT2D eigenvalue weighted by Crippen LogP contribution is -2.13. The number of ether oxygens (including phenoxy) is 1. The highest BCUT2D eigenvalue weighted by Gasteiger charge is 2.06. The van der Waals surface area contributed by atoms with Crippen molar-refractivity contribution in [2.45, 2.75) is 13.5 Å². The SMILES string of the molecule is Cc1cc(Cl)ccc1OCc1ccccc1C(N)=S. The lowest BCUT2D eigenvalue weighted by atomic mass is 10.1. The molecule has 0 saturated carbocycles. The van der Waals surface area contributed by atoms with Gasteiger partial charge in [-0.15, -0.1) is 0 Å². The van der Waals surface area contributed by atoms with Crippen molar-refractivity contribution in [2.75, 3.05) is 0 Å². The molecule has 0 radical (unpaired) electrons. The molecule has 2 N–H and O–H groups in total. The van der Waals surface area contributed by atoms with Crippen LogP contribution in [-0.2, 0) is 6.61 Å². The first-order valence-corrected chi connectivity index (χ1v) is 6.63. The van der Waals surface area contributed by atoms with Gasteiger partial charge in [-0.25, -0.2) is 0 Å². The van der Waals surface area contributed by atoms with Crippen molar-refractivity contribution < 1.29 is 4.74 Å². The molecule has 19 heavy (non-hydrogen) atoms. The van der Waals surface area contributed by atoms with Crippen LogP contribution >= 0.6 is 23.8 Å². The minimum absolute atomic E-state index is 0.382. The molecule has 0 amide bonds. The van der Waals surface area contributed by atoms with Gasteiger partial charge in [0.15, 0.2) is 0 Å². The van der Waals surface area contributed by atoms with E-state index in [1.807, 2.05) is 49.4 Å².